The number of aromatic nitrogens is 2. The summed E-state index contributed by atoms with van der Waals surface area (Å²) >= 11 is 6.68. The lowest BCUT2D eigenvalue weighted by atomic mass is 10.0. The number of hydrogen-bond donors (Lipinski definition) is 0. The number of rotatable bonds is 7. The first-order valence-electron chi connectivity index (χ1n) is 15.9. The van der Waals surface area contributed by atoms with Crippen LogP contribution in [-0.2, 0) is 22.5 Å². The number of epoxide rings is 1. The first-order chi connectivity index (χ1) is 22.6. The van der Waals surface area contributed by atoms with Crippen LogP contribution in [0.15, 0.2) is 36.4 Å². The van der Waals surface area contributed by atoms with Gasteiger partial charge >= 0.3 is 12.2 Å². The second kappa shape index (κ2) is 12.6. The van der Waals surface area contributed by atoms with E-state index in [0.717, 1.165) is 47.1 Å². The maximum absolute atomic E-state index is 13.2. The zero-order valence-electron chi connectivity index (χ0n) is 25.9. The minimum absolute atomic E-state index is 0.0497. The summed E-state index contributed by atoms with van der Waals surface area (Å²) < 4.78 is 50.5. The van der Waals surface area contributed by atoms with Gasteiger partial charge in [0.1, 0.15) is 18.5 Å². The van der Waals surface area contributed by atoms with E-state index in [9.17, 15) is 18.0 Å². The van der Waals surface area contributed by atoms with Gasteiger partial charge in [-0.2, -0.15) is 23.1 Å². The molecule has 0 radical (unpaired) electrons. The molecule has 4 aliphatic rings. The van der Waals surface area contributed by atoms with Crippen molar-refractivity contribution < 1.29 is 27.4 Å². The molecule has 0 unspecified atom stereocenters. The standard InChI is InChI=1S/C33H35ClF3N7O3/c1-38-16-22-17-43(14-15-44(22)31(45)28-29(47-28)33(35,36)37)30-23-11-13-42(26-10-4-7-20-6-3-9-24(34)27(20)26)18-25(23)39-32(40-30)46-19-21-8-5-12-41(21)2/h3-4,6-7,9-10,21-22,28-29H,5,8,11-19H2,2H3/t21-,22-,28-,29+/m0/s1. The summed E-state index contributed by atoms with van der Waals surface area (Å²) in [5.74, 6) is -0.0438. The Bertz CT molecular complexity index is 1710. The van der Waals surface area contributed by atoms with E-state index >= 15 is 0 Å². The fraction of sp³-hybridized carbons (Fsp3) is 0.515. The van der Waals surface area contributed by atoms with Crippen molar-refractivity contribution in [1.29, 1.82) is 0 Å². The number of likely N-dealkylation sites (tertiary alicyclic amines) is 1. The van der Waals surface area contributed by atoms with Crippen molar-refractivity contribution in [3.05, 3.63) is 64.1 Å². The molecule has 3 fully saturated rings. The molecular formula is C33H35ClF3N7O3. The molecule has 14 heteroatoms. The number of ether oxygens (including phenoxy) is 2. The largest absolute Gasteiger partial charge is 0.462 e. The smallest absolute Gasteiger partial charge is 0.417 e. The topological polar surface area (TPSA) is 81.9 Å². The van der Waals surface area contributed by atoms with E-state index in [1.165, 1.54) is 4.90 Å². The van der Waals surface area contributed by atoms with Gasteiger partial charge in [-0.3, -0.25) is 4.79 Å². The highest BCUT2D eigenvalue weighted by Gasteiger charge is 2.63. The lowest BCUT2D eigenvalue weighted by Crippen LogP contribution is -2.58. The molecule has 0 spiro atoms. The predicted molar refractivity (Wildman–Crippen MR) is 171 cm³/mol. The molecule has 248 valence electrons. The summed E-state index contributed by atoms with van der Waals surface area (Å²) in [6, 6.07) is 11.9. The van der Waals surface area contributed by atoms with Crippen LogP contribution in [0.25, 0.3) is 15.6 Å². The van der Waals surface area contributed by atoms with E-state index in [0.29, 0.717) is 43.5 Å². The molecule has 5 heterocycles. The molecule has 0 N–H and O–H groups in total. The van der Waals surface area contributed by atoms with Crippen LogP contribution in [0.3, 0.4) is 0 Å². The van der Waals surface area contributed by atoms with Crippen LogP contribution in [0.4, 0.5) is 24.7 Å². The minimum Gasteiger partial charge on any atom is -0.462 e. The van der Waals surface area contributed by atoms with Gasteiger partial charge in [0, 0.05) is 48.9 Å². The number of amides is 1. The molecule has 0 saturated carbocycles. The van der Waals surface area contributed by atoms with Crippen LogP contribution in [0, 0.1) is 6.57 Å². The molecule has 3 aromatic rings. The molecular weight excluding hydrogens is 635 g/mol. The number of carbonyl (C=O) groups is 1. The second-order valence-electron chi connectivity index (χ2n) is 12.6. The fourth-order valence-corrected chi connectivity index (χ4v) is 7.41. The molecule has 0 aliphatic carbocycles. The van der Waals surface area contributed by atoms with Gasteiger partial charge in [0.2, 0.25) is 6.54 Å². The lowest BCUT2D eigenvalue weighted by molar-refractivity contribution is -0.148. The molecule has 3 saturated heterocycles. The summed E-state index contributed by atoms with van der Waals surface area (Å²) in [4.78, 5) is 34.3. The Labute approximate surface area is 275 Å². The fourth-order valence-electron chi connectivity index (χ4n) is 7.13. The van der Waals surface area contributed by atoms with Gasteiger partial charge < -0.3 is 33.9 Å². The van der Waals surface area contributed by atoms with Crippen LogP contribution in [-0.4, -0.2) is 109 Å². The molecule has 10 nitrogen and oxygen atoms in total. The Morgan fingerprint density at radius 1 is 1.11 bits per heavy atom. The summed E-state index contributed by atoms with van der Waals surface area (Å²) in [5, 5.41) is 2.70. The van der Waals surface area contributed by atoms with Gasteiger partial charge in [-0.1, -0.05) is 35.9 Å². The predicted octanol–water partition coefficient (Wildman–Crippen LogP) is 4.59. The van der Waals surface area contributed by atoms with Gasteiger partial charge in [-0.15, -0.1) is 0 Å². The number of halogens is 4. The number of piperazine rings is 1. The van der Waals surface area contributed by atoms with E-state index in [4.69, 9.17) is 37.6 Å². The van der Waals surface area contributed by atoms with Crippen LogP contribution < -0.4 is 14.5 Å². The zero-order chi connectivity index (χ0) is 32.9. The Balaban J connectivity index is 1.18. The Kier molecular flexibility index (Phi) is 8.53. The number of carbonyl (C=O) groups excluding carboxylic acids is 1. The normalized spacial score (nSPS) is 24.7. The van der Waals surface area contributed by atoms with Gasteiger partial charge in [0.25, 0.3) is 5.91 Å². The Hall–Kier alpha value is -3.86. The third-order valence-electron chi connectivity index (χ3n) is 9.70. The van der Waals surface area contributed by atoms with E-state index in [1.54, 1.807) is 0 Å². The number of hydrogen-bond acceptors (Lipinski definition) is 8. The van der Waals surface area contributed by atoms with Crippen molar-refractivity contribution >= 4 is 39.8 Å². The molecule has 4 atom stereocenters. The van der Waals surface area contributed by atoms with Crippen molar-refractivity contribution in [2.45, 2.75) is 56.3 Å². The molecule has 1 aromatic heterocycles. The summed E-state index contributed by atoms with van der Waals surface area (Å²) in [6.07, 6.45) is -5.49. The van der Waals surface area contributed by atoms with Crippen LogP contribution >= 0.6 is 11.6 Å². The number of benzene rings is 2. The average Bonchev–Trinajstić information content (AvgIpc) is 3.78. The molecule has 1 amide bonds. The monoisotopic (exact) mass is 669 g/mol. The maximum Gasteiger partial charge on any atom is 0.417 e. The van der Waals surface area contributed by atoms with E-state index in [1.807, 2.05) is 35.2 Å². The first-order valence-corrected chi connectivity index (χ1v) is 16.3. The highest BCUT2D eigenvalue weighted by Crippen LogP contribution is 2.40. The Morgan fingerprint density at radius 3 is 2.64 bits per heavy atom. The van der Waals surface area contributed by atoms with Gasteiger partial charge in [0.05, 0.1) is 17.3 Å². The van der Waals surface area contributed by atoms with Crippen molar-refractivity contribution in [2.75, 3.05) is 62.7 Å². The number of nitrogens with zero attached hydrogens (tertiary/aromatic N) is 7. The second-order valence-corrected chi connectivity index (χ2v) is 13.0. The average molecular weight is 670 g/mol. The van der Waals surface area contributed by atoms with Crippen molar-refractivity contribution in [1.82, 2.24) is 19.8 Å². The molecule has 47 heavy (non-hydrogen) atoms. The van der Waals surface area contributed by atoms with Crippen LogP contribution in [0.5, 0.6) is 6.01 Å². The number of alkyl halides is 3. The van der Waals surface area contributed by atoms with Crippen LogP contribution in [0.1, 0.15) is 24.1 Å². The summed E-state index contributed by atoms with van der Waals surface area (Å²) in [5.41, 5.74) is 2.79. The van der Waals surface area contributed by atoms with Gasteiger partial charge in [0.15, 0.2) is 12.2 Å². The SMILES string of the molecule is [C-]#[N+]C[C@H]1CN(c2nc(OC[C@@H]3CCCN3C)nc3c2CCN(c2cccc4cccc(Cl)c24)C3)CCN1C(=O)[C@H]1O[C@H]1C(F)(F)F. The molecule has 0 bridgehead atoms. The van der Waals surface area contributed by atoms with E-state index in [2.05, 4.69) is 27.8 Å². The van der Waals surface area contributed by atoms with Crippen LogP contribution in [0.2, 0.25) is 5.02 Å². The maximum atomic E-state index is 13.2. The number of anilines is 2. The van der Waals surface area contributed by atoms with E-state index < -0.39 is 30.3 Å². The number of fused-ring (bicyclic) bond motifs is 2. The molecule has 4 aliphatic heterocycles. The van der Waals surface area contributed by atoms with Crippen molar-refractivity contribution in [2.24, 2.45) is 0 Å². The third kappa shape index (κ3) is 6.26. The van der Waals surface area contributed by atoms with E-state index in [-0.39, 0.29) is 31.7 Å². The molecule has 7 rings (SSSR count). The first kappa shape index (κ1) is 31.7. The Morgan fingerprint density at radius 2 is 1.91 bits per heavy atom. The van der Waals surface area contributed by atoms with Gasteiger partial charge in [-0.25, -0.2) is 6.57 Å². The number of likely N-dealkylation sites (N-methyl/N-ethyl adjacent to an activating group) is 1. The minimum atomic E-state index is -4.60. The third-order valence-corrected chi connectivity index (χ3v) is 10.0. The summed E-state index contributed by atoms with van der Waals surface area (Å²) in [6.45, 7) is 10.8. The summed E-state index contributed by atoms with van der Waals surface area (Å²) in [7, 11) is 2.08. The highest BCUT2D eigenvalue weighted by atomic mass is 35.5. The highest BCUT2D eigenvalue weighted by molar-refractivity contribution is 6.36. The zero-order valence-corrected chi connectivity index (χ0v) is 26.7. The van der Waals surface area contributed by atoms with Crippen molar-refractivity contribution in [3.8, 4) is 6.01 Å². The lowest BCUT2D eigenvalue weighted by Gasteiger charge is -2.41. The van der Waals surface area contributed by atoms with Gasteiger partial charge in [-0.05, 0) is 50.4 Å². The quantitative estimate of drug-likeness (QED) is 0.267. The molecule has 2 aromatic carbocycles. The van der Waals surface area contributed by atoms with Crippen molar-refractivity contribution in [3.63, 3.8) is 0 Å².